The molecule has 22 heavy (non-hydrogen) atoms. The number of nitrogens with one attached hydrogen (secondary N) is 1. The highest BCUT2D eigenvalue weighted by Crippen LogP contribution is 2.31. The molecule has 0 saturated carbocycles. The third kappa shape index (κ3) is 3.24. The quantitative estimate of drug-likeness (QED) is 0.825. The summed E-state index contributed by atoms with van der Waals surface area (Å²) in [6, 6.07) is 2.45. The lowest BCUT2D eigenvalue weighted by atomic mass is 10.1. The Bertz CT molecular complexity index is 607. The third-order valence-electron chi connectivity index (χ3n) is 3.14. The second-order valence-electron chi connectivity index (χ2n) is 4.93. The largest absolute Gasteiger partial charge is 0.383 e. The van der Waals surface area contributed by atoms with E-state index in [1.807, 2.05) is 0 Å². The number of fused-ring (bicyclic) bond motifs is 1. The first-order chi connectivity index (χ1) is 10.3. The SMILES string of the molecule is COCC(C)NC(=O)CN1C(=O)c2cc(Cl)c(Cl)cc2C1=O. The molecular formula is C14H14Cl2N2O4. The van der Waals surface area contributed by atoms with Crippen molar-refractivity contribution in [2.24, 2.45) is 0 Å². The lowest BCUT2D eigenvalue weighted by Gasteiger charge is -2.16. The number of benzene rings is 1. The van der Waals surface area contributed by atoms with Gasteiger partial charge in [0, 0.05) is 13.2 Å². The number of hydrogen-bond acceptors (Lipinski definition) is 4. The number of hydrogen-bond donors (Lipinski definition) is 1. The molecule has 6 nitrogen and oxygen atoms in total. The van der Waals surface area contributed by atoms with Gasteiger partial charge in [0.15, 0.2) is 0 Å². The summed E-state index contributed by atoms with van der Waals surface area (Å²) in [5, 5.41) is 3.00. The highest BCUT2D eigenvalue weighted by atomic mass is 35.5. The summed E-state index contributed by atoms with van der Waals surface area (Å²) in [6.45, 7) is 1.72. The van der Waals surface area contributed by atoms with Crippen molar-refractivity contribution < 1.29 is 19.1 Å². The standard InChI is InChI=1S/C14H14Cl2N2O4/c1-7(6-22-2)17-12(19)5-18-13(20)8-3-10(15)11(16)4-9(8)14(18)21/h3-4,7H,5-6H2,1-2H3,(H,17,19). The molecule has 0 fully saturated rings. The molecule has 1 aliphatic rings. The molecule has 0 saturated heterocycles. The van der Waals surface area contributed by atoms with Gasteiger partial charge in [0.1, 0.15) is 6.54 Å². The van der Waals surface area contributed by atoms with Crippen molar-refractivity contribution in [2.75, 3.05) is 20.3 Å². The van der Waals surface area contributed by atoms with Crippen LogP contribution < -0.4 is 5.32 Å². The Kier molecular flexibility index (Phi) is 5.05. The van der Waals surface area contributed by atoms with Gasteiger partial charge in [0.25, 0.3) is 11.8 Å². The summed E-state index contributed by atoms with van der Waals surface area (Å²) in [5.74, 6) is -1.57. The fourth-order valence-electron chi connectivity index (χ4n) is 2.18. The van der Waals surface area contributed by atoms with E-state index < -0.39 is 17.7 Å². The van der Waals surface area contributed by atoms with Crippen LogP contribution >= 0.6 is 23.2 Å². The Morgan fingerprint density at radius 1 is 1.23 bits per heavy atom. The van der Waals surface area contributed by atoms with Crippen LogP contribution in [0.5, 0.6) is 0 Å². The van der Waals surface area contributed by atoms with Crippen LogP contribution in [-0.4, -0.2) is 48.9 Å². The van der Waals surface area contributed by atoms with Gasteiger partial charge in [-0.25, -0.2) is 0 Å². The van der Waals surface area contributed by atoms with E-state index >= 15 is 0 Å². The van der Waals surface area contributed by atoms with Crippen LogP contribution in [0.4, 0.5) is 0 Å². The van der Waals surface area contributed by atoms with Crippen LogP contribution in [0.1, 0.15) is 27.6 Å². The zero-order valence-electron chi connectivity index (χ0n) is 12.0. The normalized spacial score (nSPS) is 15.0. The molecule has 118 valence electrons. The van der Waals surface area contributed by atoms with Crippen molar-refractivity contribution >= 4 is 40.9 Å². The minimum absolute atomic E-state index is 0.150. The van der Waals surface area contributed by atoms with Crippen LogP contribution in [0.25, 0.3) is 0 Å². The van der Waals surface area contributed by atoms with Gasteiger partial charge in [-0.15, -0.1) is 0 Å². The van der Waals surface area contributed by atoms with Gasteiger partial charge in [-0.3, -0.25) is 19.3 Å². The smallest absolute Gasteiger partial charge is 0.262 e. The van der Waals surface area contributed by atoms with Crippen LogP contribution in [0, 0.1) is 0 Å². The maximum absolute atomic E-state index is 12.2. The predicted molar refractivity (Wildman–Crippen MR) is 81.3 cm³/mol. The van der Waals surface area contributed by atoms with Crippen molar-refractivity contribution in [3.8, 4) is 0 Å². The molecule has 0 radical (unpaired) electrons. The summed E-state index contributed by atoms with van der Waals surface area (Å²) in [6.07, 6.45) is 0. The van der Waals surface area contributed by atoms with E-state index in [0.29, 0.717) is 6.61 Å². The van der Waals surface area contributed by atoms with Crippen molar-refractivity contribution in [1.82, 2.24) is 10.2 Å². The minimum Gasteiger partial charge on any atom is -0.383 e. The van der Waals surface area contributed by atoms with E-state index in [0.717, 1.165) is 4.90 Å². The van der Waals surface area contributed by atoms with Gasteiger partial charge in [0.05, 0.1) is 27.8 Å². The third-order valence-corrected chi connectivity index (χ3v) is 3.86. The van der Waals surface area contributed by atoms with Crippen LogP contribution in [0.3, 0.4) is 0 Å². The Balaban J connectivity index is 2.13. The van der Waals surface area contributed by atoms with Crippen LogP contribution in [-0.2, 0) is 9.53 Å². The summed E-state index contributed by atoms with van der Waals surface area (Å²) in [4.78, 5) is 37.2. The summed E-state index contributed by atoms with van der Waals surface area (Å²) >= 11 is 11.7. The molecular weight excluding hydrogens is 331 g/mol. The molecule has 1 N–H and O–H groups in total. The second-order valence-corrected chi connectivity index (χ2v) is 5.75. The Labute approximate surface area is 137 Å². The van der Waals surface area contributed by atoms with Crippen molar-refractivity contribution in [3.63, 3.8) is 0 Å². The molecule has 1 aromatic carbocycles. The number of imide groups is 1. The van der Waals surface area contributed by atoms with Gasteiger partial charge in [-0.1, -0.05) is 23.2 Å². The van der Waals surface area contributed by atoms with E-state index in [2.05, 4.69) is 5.32 Å². The Morgan fingerprint density at radius 3 is 2.18 bits per heavy atom. The molecule has 3 amide bonds. The van der Waals surface area contributed by atoms with E-state index in [1.54, 1.807) is 6.92 Å². The summed E-state index contributed by atoms with van der Waals surface area (Å²) in [5.41, 5.74) is 0.300. The van der Waals surface area contributed by atoms with Crippen LogP contribution in [0.15, 0.2) is 12.1 Å². The average molecular weight is 345 g/mol. The van der Waals surface area contributed by atoms with Gasteiger partial charge in [-0.2, -0.15) is 0 Å². The lowest BCUT2D eigenvalue weighted by Crippen LogP contribution is -2.44. The monoisotopic (exact) mass is 344 g/mol. The molecule has 8 heteroatoms. The second kappa shape index (κ2) is 6.64. The van der Waals surface area contributed by atoms with Gasteiger partial charge < -0.3 is 10.1 Å². The van der Waals surface area contributed by atoms with Gasteiger partial charge >= 0.3 is 0 Å². The van der Waals surface area contributed by atoms with Gasteiger partial charge in [0.2, 0.25) is 5.91 Å². The molecule has 0 aliphatic carbocycles. The molecule has 0 aromatic heterocycles. The molecule has 2 rings (SSSR count). The fourth-order valence-corrected chi connectivity index (χ4v) is 2.51. The van der Waals surface area contributed by atoms with Crippen molar-refractivity contribution in [3.05, 3.63) is 33.3 Å². The van der Waals surface area contributed by atoms with E-state index in [1.165, 1.54) is 19.2 Å². The Morgan fingerprint density at radius 2 is 1.73 bits per heavy atom. The molecule has 0 bridgehead atoms. The minimum atomic E-state index is -0.562. The number of amides is 3. The Hall–Kier alpha value is -1.63. The first-order valence-corrected chi connectivity index (χ1v) is 7.24. The predicted octanol–water partition coefficient (Wildman–Crippen LogP) is 1.74. The molecule has 0 spiro atoms. The molecule has 1 unspecified atom stereocenters. The summed E-state index contributed by atoms with van der Waals surface area (Å²) in [7, 11) is 1.51. The van der Waals surface area contributed by atoms with E-state index in [9.17, 15) is 14.4 Å². The first kappa shape index (κ1) is 16.7. The number of rotatable bonds is 5. The highest BCUT2D eigenvalue weighted by molar-refractivity contribution is 6.43. The zero-order chi connectivity index (χ0) is 16.4. The maximum atomic E-state index is 12.2. The molecule has 1 heterocycles. The number of carbonyl (C=O) groups is 3. The number of nitrogens with zero attached hydrogens (tertiary/aromatic N) is 1. The topological polar surface area (TPSA) is 75.7 Å². The number of ether oxygens (including phenoxy) is 1. The van der Waals surface area contributed by atoms with Crippen LogP contribution in [0.2, 0.25) is 10.0 Å². The molecule has 1 aliphatic heterocycles. The van der Waals surface area contributed by atoms with E-state index in [-0.39, 0.29) is 33.8 Å². The molecule has 1 aromatic rings. The van der Waals surface area contributed by atoms with Crippen molar-refractivity contribution in [2.45, 2.75) is 13.0 Å². The fraction of sp³-hybridized carbons (Fsp3) is 0.357. The zero-order valence-corrected chi connectivity index (χ0v) is 13.5. The van der Waals surface area contributed by atoms with Gasteiger partial charge in [-0.05, 0) is 19.1 Å². The average Bonchev–Trinajstić information content (AvgIpc) is 2.65. The lowest BCUT2D eigenvalue weighted by molar-refractivity contribution is -0.122. The van der Waals surface area contributed by atoms with Crippen molar-refractivity contribution in [1.29, 1.82) is 0 Å². The summed E-state index contributed by atoms with van der Waals surface area (Å²) < 4.78 is 4.90. The highest BCUT2D eigenvalue weighted by Gasteiger charge is 2.37. The number of halogens is 2. The first-order valence-electron chi connectivity index (χ1n) is 6.48. The number of methoxy groups -OCH3 is 1. The molecule has 1 atom stereocenters. The maximum Gasteiger partial charge on any atom is 0.262 e. The number of carbonyl (C=O) groups excluding carboxylic acids is 3. The van der Waals surface area contributed by atoms with E-state index in [4.69, 9.17) is 27.9 Å².